The van der Waals surface area contributed by atoms with Crippen molar-refractivity contribution in [2.24, 2.45) is 5.92 Å². The van der Waals surface area contributed by atoms with Crippen LogP contribution in [0.5, 0.6) is 0 Å². The van der Waals surface area contributed by atoms with Crippen LogP contribution < -0.4 is 0 Å². The van der Waals surface area contributed by atoms with Crippen LogP contribution in [0, 0.1) is 17.6 Å². The quantitative estimate of drug-likeness (QED) is 0.816. The first-order valence-electron chi connectivity index (χ1n) is 6.80. The summed E-state index contributed by atoms with van der Waals surface area (Å²) >= 11 is 0. The minimum absolute atomic E-state index is 0.00504. The van der Waals surface area contributed by atoms with Gasteiger partial charge in [0.2, 0.25) is 11.8 Å². The van der Waals surface area contributed by atoms with Crippen LogP contribution in [0.15, 0.2) is 30.5 Å². The summed E-state index contributed by atoms with van der Waals surface area (Å²) < 4.78 is 28.5. The molecule has 5 nitrogen and oxygen atoms in total. The summed E-state index contributed by atoms with van der Waals surface area (Å²) in [6.07, 6.45) is 1.58. The van der Waals surface area contributed by atoms with Gasteiger partial charge in [-0.2, -0.15) is 5.10 Å². The van der Waals surface area contributed by atoms with Gasteiger partial charge in [0.15, 0.2) is 11.6 Å². The van der Waals surface area contributed by atoms with Gasteiger partial charge in [0, 0.05) is 18.5 Å². The fraction of sp³-hybridized carbons (Fsp3) is 0.267. The number of para-hydroxylation sites is 1. The summed E-state index contributed by atoms with van der Waals surface area (Å²) in [7, 11) is 0. The third-order valence-electron chi connectivity index (χ3n) is 3.60. The minimum Gasteiger partial charge on any atom is -0.276 e. The standard InChI is InChI=1S/C15H13F2N3O2/c1-9-7-13(21)19(15(9)22)8-10-5-6-20(18-10)14-11(16)3-2-4-12(14)17/h2-6,9H,7-8H2,1H3/t9-/m0/s1. The van der Waals surface area contributed by atoms with Crippen molar-refractivity contribution in [2.45, 2.75) is 19.9 Å². The molecule has 1 aliphatic heterocycles. The highest BCUT2D eigenvalue weighted by atomic mass is 19.1. The number of nitrogens with zero attached hydrogens (tertiary/aromatic N) is 3. The van der Waals surface area contributed by atoms with E-state index < -0.39 is 11.6 Å². The van der Waals surface area contributed by atoms with Gasteiger partial charge in [-0.3, -0.25) is 14.5 Å². The van der Waals surface area contributed by atoms with Gasteiger partial charge in [-0.25, -0.2) is 13.5 Å². The van der Waals surface area contributed by atoms with Gasteiger partial charge in [-0.05, 0) is 18.2 Å². The fourth-order valence-electron chi connectivity index (χ4n) is 2.45. The number of aromatic nitrogens is 2. The molecule has 0 radical (unpaired) electrons. The molecule has 1 fully saturated rings. The first-order chi connectivity index (χ1) is 10.5. The predicted octanol–water partition coefficient (Wildman–Crippen LogP) is 2.05. The molecule has 1 atom stereocenters. The average molecular weight is 305 g/mol. The van der Waals surface area contributed by atoms with Crippen molar-refractivity contribution < 1.29 is 18.4 Å². The molecule has 2 amide bonds. The number of carbonyl (C=O) groups excluding carboxylic acids is 2. The highest BCUT2D eigenvalue weighted by Crippen LogP contribution is 2.22. The van der Waals surface area contributed by atoms with Crippen LogP contribution in [0.25, 0.3) is 5.69 Å². The van der Waals surface area contributed by atoms with Gasteiger partial charge >= 0.3 is 0 Å². The van der Waals surface area contributed by atoms with Gasteiger partial charge in [0.25, 0.3) is 0 Å². The van der Waals surface area contributed by atoms with Gasteiger partial charge in [-0.1, -0.05) is 13.0 Å². The number of halogens is 2. The first kappa shape index (κ1) is 14.4. The van der Waals surface area contributed by atoms with Gasteiger partial charge in [0.1, 0.15) is 5.69 Å². The second-order valence-electron chi connectivity index (χ2n) is 5.25. The van der Waals surface area contributed by atoms with Crippen molar-refractivity contribution in [1.82, 2.24) is 14.7 Å². The summed E-state index contributed by atoms with van der Waals surface area (Å²) in [5.74, 6) is -2.33. The molecule has 1 saturated heterocycles. The molecule has 0 saturated carbocycles. The van der Waals surface area contributed by atoms with Gasteiger partial charge in [0.05, 0.1) is 12.2 Å². The first-order valence-corrected chi connectivity index (χ1v) is 6.80. The maximum atomic E-state index is 13.7. The molecule has 0 bridgehead atoms. The SMILES string of the molecule is C[C@H]1CC(=O)N(Cc2ccn(-c3c(F)cccc3F)n2)C1=O. The number of imide groups is 1. The topological polar surface area (TPSA) is 55.2 Å². The summed E-state index contributed by atoms with van der Waals surface area (Å²) in [4.78, 5) is 24.7. The van der Waals surface area contributed by atoms with Crippen LogP contribution in [0.2, 0.25) is 0 Å². The third kappa shape index (κ3) is 2.38. The molecule has 114 valence electrons. The molecule has 2 heterocycles. The maximum absolute atomic E-state index is 13.7. The smallest absolute Gasteiger partial charge is 0.232 e. The van der Waals surface area contributed by atoms with Crippen molar-refractivity contribution in [2.75, 3.05) is 0 Å². The van der Waals surface area contributed by atoms with E-state index in [9.17, 15) is 18.4 Å². The van der Waals surface area contributed by atoms with E-state index in [0.717, 1.165) is 21.7 Å². The molecule has 1 aliphatic rings. The summed E-state index contributed by atoms with van der Waals surface area (Å²) in [6, 6.07) is 5.06. The van der Waals surface area contributed by atoms with Crippen LogP contribution in [0.4, 0.5) is 8.78 Å². The number of benzene rings is 1. The van der Waals surface area contributed by atoms with Gasteiger partial charge < -0.3 is 0 Å². The Kier molecular flexibility index (Phi) is 3.48. The Bertz CT molecular complexity index is 737. The van der Waals surface area contributed by atoms with E-state index in [-0.39, 0.29) is 36.4 Å². The number of carbonyl (C=O) groups is 2. The second-order valence-corrected chi connectivity index (χ2v) is 5.25. The fourth-order valence-corrected chi connectivity index (χ4v) is 2.45. The number of hydrogen-bond donors (Lipinski definition) is 0. The molecule has 1 aromatic carbocycles. The highest BCUT2D eigenvalue weighted by molar-refractivity contribution is 6.03. The van der Waals surface area contributed by atoms with Crippen LogP contribution in [-0.2, 0) is 16.1 Å². The van der Waals surface area contributed by atoms with E-state index in [1.54, 1.807) is 6.92 Å². The van der Waals surface area contributed by atoms with Crippen LogP contribution in [0.3, 0.4) is 0 Å². The minimum atomic E-state index is -0.739. The number of amides is 2. The molecule has 1 aromatic heterocycles. The summed E-state index contributed by atoms with van der Waals surface area (Å²) in [5, 5.41) is 4.05. The monoisotopic (exact) mass is 305 g/mol. The molecule has 7 heteroatoms. The Hall–Kier alpha value is -2.57. The number of hydrogen-bond acceptors (Lipinski definition) is 3. The van der Waals surface area contributed by atoms with Crippen molar-refractivity contribution in [1.29, 1.82) is 0 Å². The van der Waals surface area contributed by atoms with E-state index in [1.165, 1.54) is 18.3 Å². The Morgan fingerprint density at radius 3 is 2.50 bits per heavy atom. The van der Waals surface area contributed by atoms with Crippen molar-refractivity contribution in [3.05, 3.63) is 47.8 Å². The molecule has 0 N–H and O–H groups in total. The largest absolute Gasteiger partial charge is 0.276 e. The van der Waals surface area contributed by atoms with E-state index in [2.05, 4.69) is 5.10 Å². The Balaban J connectivity index is 1.86. The zero-order chi connectivity index (χ0) is 15.9. The Morgan fingerprint density at radius 2 is 1.91 bits per heavy atom. The lowest BCUT2D eigenvalue weighted by atomic mass is 10.1. The molecule has 22 heavy (non-hydrogen) atoms. The molecule has 0 spiro atoms. The third-order valence-corrected chi connectivity index (χ3v) is 3.60. The van der Waals surface area contributed by atoms with E-state index >= 15 is 0 Å². The second kappa shape index (κ2) is 5.32. The predicted molar refractivity (Wildman–Crippen MR) is 72.8 cm³/mol. The zero-order valence-corrected chi connectivity index (χ0v) is 11.8. The number of rotatable bonds is 3. The van der Waals surface area contributed by atoms with Crippen LogP contribution in [-0.4, -0.2) is 26.5 Å². The lowest BCUT2D eigenvalue weighted by Gasteiger charge is -2.12. The average Bonchev–Trinajstić information content (AvgIpc) is 3.00. The normalized spacial score (nSPS) is 18.3. The lowest BCUT2D eigenvalue weighted by molar-refractivity contribution is -0.140. The molecule has 0 aliphatic carbocycles. The van der Waals surface area contributed by atoms with Crippen LogP contribution >= 0.6 is 0 Å². The molecule has 2 aromatic rings. The molecular formula is C15H13F2N3O2. The zero-order valence-electron chi connectivity index (χ0n) is 11.8. The van der Waals surface area contributed by atoms with Crippen LogP contribution in [0.1, 0.15) is 19.0 Å². The Labute approximate surface area is 125 Å². The van der Waals surface area contributed by atoms with Crippen molar-refractivity contribution >= 4 is 11.8 Å². The molecular weight excluding hydrogens is 292 g/mol. The maximum Gasteiger partial charge on any atom is 0.232 e. The van der Waals surface area contributed by atoms with E-state index in [0.29, 0.717) is 5.69 Å². The molecule has 0 unspecified atom stereocenters. The van der Waals surface area contributed by atoms with Crippen molar-refractivity contribution in [3.63, 3.8) is 0 Å². The summed E-state index contributed by atoms with van der Waals surface area (Å²) in [5.41, 5.74) is 0.0969. The van der Waals surface area contributed by atoms with E-state index in [4.69, 9.17) is 0 Å². The summed E-state index contributed by atoms with van der Waals surface area (Å²) in [6.45, 7) is 1.69. The van der Waals surface area contributed by atoms with Gasteiger partial charge in [-0.15, -0.1) is 0 Å². The lowest BCUT2D eigenvalue weighted by Crippen LogP contribution is -2.29. The van der Waals surface area contributed by atoms with Crippen molar-refractivity contribution in [3.8, 4) is 5.69 Å². The Morgan fingerprint density at radius 1 is 1.23 bits per heavy atom. The highest BCUT2D eigenvalue weighted by Gasteiger charge is 2.35. The number of likely N-dealkylation sites (tertiary alicyclic amines) is 1. The molecule has 3 rings (SSSR count). The van der Waals surface area contributed by atoms with E-state index in [1.807, 2.05) is 0 Å².